The Hall–Kier alpha value is -0.0900. The van der Waals surface area contributed by atoms with E-state index in [0.717, 1.165) is 15.1 Å². The summed E-state index contributed by atoms with van der Waals surface area (Å²) in [6, 6.07) is 5.99. The van der Waals surface area contributed by atoms with Gasteiger partial charge in [0, 0.05) is 22.1 Å². The minimum absolute atomic E-state index is 0.167. The molecule has 0 fully saturated rings. The highest BCUT2D eigenvalue weighted by Crippen LogP contribution is 2.28. The average molecular weight is 278 g/mol. The lowest BCUT2D eigenvalue weighted by Crippen LogP contribution is -2.27. The van der Waals surface area contributed by atoms with Crippen molar-refractivity contribution in [3.05, 3.63) is 33.3 Å². The Kier molecular flexibility index (Phi) is 4.38. The molecule has 1 aromatic rings. The van der Waals surface area contributed by atoms with E-state index in [9.17, 15) is 0 Å². The third kappa shape index (κ3) is 2.70. The molecule has 0 radical (unpaired) electrons. The predicted octanol–water partition coefficient (Wildman–Crippen LogP) is 2.66. The van der Waals surface area contributed by atoms with Crippen LogP contribution in [0.15, 0.2) is 22.7 Å². The van der Waals surface area contributed by atoms with Crippen molar-refractivity contribution in [2.24, 2.45) is 5.73 Å². The Balaban J connectivity index is 3.08. The summed E-state index contributed by atoms with van der Waals surface area (Å²) in [4.78, 5) is 2.06. The van der Waals surface area contributed by atoms with Crippen LogP contribution >= 0.6 is 27.5 Å². The molecule has 1 atom stereocenters. The molecule has 0 saturated carbocycles. The van der Waals surface area contributed by atoms with Gasteiger partial charge in [-0.3, -0.25) is 0 Å². The molecule has 0 aromatic heterocycles. The summed E-state index contributed by atoms with van der Waals surface area (Å²) in [5, 5.41) is 0.761. The smallest absolute Gasteiger partial charge is 0.0479 e. The van der Waals surface area contributed by atoms with Crippen LogP contribution in [0.2, 0.25) is 5.02 Å². The minimum atomic E-state index is 0.167. The number of hydrogen-bond acceptors (Lipinski definition) is 2. The number of likely N-dealkylation sites (N-methyl/N-ethyl adjacent to an activating group) is 1. The summed E-state index contributed by atoms with van der Waals surface area (Å²) in [6.07, 6.45) is 0. The topological polar surface area (TPSA) is 29.3 Å². The quantitative estimate of drug-likeness (QED) is 0.920. The molecule has 14 heavy (non-hydrogen) atoms. The normalized spacial score (nSPS) is 13.3. The van der Waals surface area contributed by atoms with Gasteiger partial charge in [-0.05, 0) is 37.9 Å². The number of rotatable bonds is 3. The van der Waals surface area contributed by atoms with Gasteiger partial charge in [0.25, 0.3) is 0 Å². The Bertz CT molecular complexity index is 315. The molecular weight excluding hydrogens is 263 g/mol. The highest BCUT2D eigenvalue weighted by atomic mass is 79.9. The standard InChI is InChI=1S/C10H14BrClN2/c1-14(2)10(6-13)8-5-7(11)3-4-9(8)12/h3-5,10H,6,13H2,1-2H3. The van der Waals surface area contributed by atoms with Crippen molar-refractivity contribution >= 4 is 27.5 Å². The van der Waals surface area contributed by atoms with Crippen LogP contribution in [0.25, 0.3) is 0 Å². The van der Waals surface area contributed by atoms with Crippen molar-refractivity contribution in [2.45, 2.75) is 6.04 Å². The van der Waals surface area contributed by atoms with Crippen LogP contribution in [-0.2, 0) is 0 Å². The van der Waals surface area contributed by atoms with Crippen molar-refractivity contribution in [1.82, 2.24) is 4.90 Å². The van der Waals surface area contributed by atoms with E-state index >= 15 is 0 Å². The molecule has 0 aliphatic rings. The first kappa shape index (κ1) is 12.0. The molecule has 78 valence electrons. The molecule has 0 spiro atoms. The van der Waals surface area contributed by atoms with Crippen molar-refractivity contribution in [3.63, 3.8) is 0 Å². The van der Waals surface area contributed by atoms with Gasteiger partial charge in [-0.25, -0.2) is 0 Å². The van der Waals surface area contributed by atoms with E-state index in [-0.39, 0.29) is 6.04 Å². The van der Waals surface area contributed by atoms with E-state index in [1.54, 1.807) is 0 Å². The lowest BCUT2D eigenvalue weighted by Gasteiger charge is -2.24. The summed E-state index contributed by atoms with van der Waals surface area (Å²) in [5.74, 6) is 0. The molecular formula is C10H14BrClN2. The Labute approximate surface area is 98.2 Å². The third-order valence-corrected chi connectivity index (χ3v) is 3.00. The van der Waals surface area contributed by atoms with Gasteiger partial charge < -0.3 is 10.6 Å². The van der Waals surface area contributed by atoms with Gasteiger partial charge in [0.1, 0.15) is 0 Å². The number of nitrogens with zero attached hydrogens (tertiary/aromatic N) is 1. The van der Waals surface area contributed by atoms with Gasteiger partial charge in [-0.15, -0.1) is 0 Å². The summed E-state index contributed by atoms with van der Waals surface area (Å²) < 4.78 is 1.03. The van der Waals surface area contributed by atoms with Gasteiger partial charge in [-0.2, -0.15) is 0 Å². The lowest BCUT2D eigenvalue weighted by atomic mass is 10.1. The molecule has 2 N–H and O–H groups in total. The summed E-state index contributed by atoms with van der Waals surface area (Å²) in [7, 11) is 3.99. The van der Waals surface area contributed by atoms with E-state index in [0.29, 0.717) is 6.54 Å². The largest absolute Gasteiger partial charge is 0.329 e. The van der Waals surface area contributed by atoms with Gasteiger partial charge >= 0.3 is 0 Å². The van der Waals surface area contributed by atoms with Crippen molar-refractivity contribution in [3.8, 4) is 0 Å². The van der Waals surface area contributed by atoms with Crippen LogP contribution in [0.5, 0.6) is 0 Å². The van der Waals surface area contributed by atoms with E-state index in [4.69, 9.17) is 17.3 Å². The minimum Gasteiger partial charge on any atom is -0.329 e. The van der Waals surface area contributed by atoms with E-state index in [2.05, 4.69) is 20.8 Å². The lowest BCUT2D eigenvalue weighted by molar-refractivity contribution is 0.306. The van der Waals surface area contributed by atoms with Crippen LogP contribution < -0.4 is 5.73 Å². The van der Waals surface area contributed by atoms with Crippen LogP contribution in [0.1, 0.15) is 11.6 Å². The van der Waals surface area contributed by atoms with Gasteiger partial charge in [0.2, 0.25) is 0 Å². The Morgan fingerprint density at radius 3 is 2.64 bits per heavy atom. The second-order valence-electron chi connectivity index (χ2n) is 3.38. The zero-order valence-electron chi connectivity index (χ0n) is 8.30. The molecule has 1 aromatic carbocycles. The van der Waals surface area contributed by atoms with Gasteiger partial charge in [-0.1, -0.05) is 27.5 Å². The second kappa shape index (κ2) is 5.12. The second-order valence-corrected chi connectivity index (χ2v) is 4.70. The maximum absolute atomic E-state index is 6.11. The predicted molar refractivity (Wildman–Crippen MR) is 64.6 cm³/mol. The van der Waals surface area contributed by atoms with Crippen LogP contribution in [-0.4, -0.2) is 25.5 Å². The van der Waals surface area contributed by atoms with Crippen LogP contribution in [0.4, 0.5) is 0 Å². The van der Waals surface area contributed by atoms with Crippen molar-refractivity contribution in [2.75, 3.05) is 20.6 Å². The zero-order chi connectivity index (χ0) is 10.7. The van der Waals surface area contributed by atoms with Crippen molar-refractivity contribution < 1.29 is 0 Å². The Morgan fingerprint density at radius 1 is 1.50 bits per heavy atom. The summed E-state index contributed by atoms with van der Waals surface area (Å²) in [6.45, 7) is 0.559. The number of nitrogens with two attached hydrogens (primary N) is 1. The fourth-order valence-electron chi connectivity index (χ4n) is 1.39. The molecule has 2 nitrogen and oxygen atoms in total. The molecule has 0 aliphatic heterocycles. The average Bonchev–Trinajstić information content (AvgIpc) is 2.11. The highest BCUT2D eigenvalue weighted by molar-refractivity contribution is 9.10. The molecule has 0 aliphatic carbocycles. The first-order valence-electron chi connectivity index (χ1n) is 4.37. The first-order valence-corrected chi connectivity index (χ1v) is 5.54. The monoisotopic (exact) mass is 276 g/mol. The fraction of sp³-hybridized carbons (Fsp3) is 0.400. The number of benzene rings is 1. The van der Waals surface area contributed by atoms with Gasteiger partial charge in [0.05, 0.1) is 0 Å². The maximum atomic E-state index is 6.11. The Morgan fingerprint density at radius 2 is 2.14 bits per heavy atom. The van der Waals surface area contributed by atoms with E-state index in [1.807, 2.05) is 32.3 Å². The van der Waals surface area contributed by atoms with Crippen LogP contribution in [0.3, 0.4) is 0 Å². The van der Waals surface area contributed by atoms with E-state index < -0.39 is 0 Å². The van der Waals surface area contributed by atoms with Gasteiger partial charge in [0.15, 0.2) is 0 Å². The molecule has 0 bridgehead atoms. The third-order valence-electron chi connectivity index (χ3n) is 2.16. The molecule has 0 saturated heterocycles. The SMILES string of the molecule is CN(C)C(CN)c1cc(Br)ccc1Cl. The zero-order valence-corrected chi connectivity index (χ0v) is 10.6. The fourth-order valence-corrected chi connectivity index (χ4v) is 2.01. The summed E-state index contributed by atoms with van der Waals surface area (Å²) in [5.41, 5.74) is 6.77. The molecule has 4 heteroatoms. The molecule has 1 unspecified atom stereocenters. The number of halogens is 2. The van der Waals surface area contributed by atoms with E-state index in [1.165, 1.54) is 0 Å². The molecule has 1 rings (SSSR count). The van der Waals surface area contributed by atoms with Crippen molar-refractivity contribution in [1.29, 1.82) is 0 Å². The number of hydrogen-bond donors (Lipinski definition) is 1. The van der Waals surface area contributed by atoms with Crippen LogP contribution in [0, 0.1) is 0 Å². The highest BCUT2D eigenvalue weighted by Gasteiger charge is 2.15. The molecule has 0 heterocycles. The first-order chi connectivity index (χ1) is 6.56. The molecule has 0 amide bonds. The summed E-state index contributed by atoms with van der Waals surface area (Å²) >= 11 is 9.54. The maximum Gasteiger partial charge on any atom is 0.0479 e.